The van der Waals surface area contributed by atoms with Gasteiger partial charge in [-0.25, -0.2) is 13.1 Å². The number of benzene rings is 2. The minimum absolute atomic E-state index is 0.212. The third-order valence-electron chi connectivity index (χ3n) is 4.06. The van der Waals surface area contributed by atoms with Crippen molar-refractivity contribution in [3.63, 3.8) is 0 Å². The van der Waals surface area contributed by atoms with Crippen LogP contribution < -0.4 is 4.72 Å². The van der Waals surface area contributed by atoms with E-state index in [0.717, 1.165) is 24.0 Å². The van der Waals surface area contributed by atoms with Crippen LogP contribution in [0.3, 0.4) is 0 Å². The van der Waals surface area contributed by atoms with Gasteiger partial charge in [0.15, 0.2) is 0 Å². The van der Waals surface area contributed by atoms with Crippen LogP contribution in [0, 0.1) is 0 Å². The van der Waals surface area contributed by atoms with Crippen LogP contribution in [-0.4, -0.2) is 19.6 Å². The fourth-order valence-electron chi connectivity index (χ4n) is 2.92. The molecule has 0 unspecified atom stereocenters. The van der Waals surface area contributed by atoms with Crippen LogP contribution in [-0.2, 0) is 16.4 Å². The number of nitrogens with one attached hydrogen (secondary N) is 1. The molecule has 1 aliphatic rings. The average molecular weight is 317 g/mol. The Labute approximate surface area is 130 Å². The molecule has 5 heteroatoms. The molecule has 22 heavy (non-hydrogen) atoms. The monoisotopic (exact) mass is 317 g/mol. The van der Waals surface area contributed by atoms with Gasteiger partial charge in [-0.1, -0.05) is 42.5 Å². The summed E-state index contributed by atoms with van der Waals surface area (Å²) >= 11 is 0. The van der Waals surface area contributed by atoms with Gasteiger partial charge in [-0.3, -0.25) is 0 Å². The lowest BCUT2D eigenvalue weighted by Gasteiger charge is -2.23. The molecule has 0 bridgehead atoms. The molecule has 0 spiro atoms. The molecule has 2 aromatic rings. The van der Waals surface area contributed by atoms with Crippen LogP contribution in [0.5, 0.6) is 0 Å². The Bertz CT molecular complexity index is 744. The molecule has 4 nitrogen and oxygen atoms in total. The molecular formula is C17H19NO3S. The van der Waals surface area contributed by atoms with Crippen LogP contribution in [0.4, 0.5) is 0 Å². The summed E-state index contributed by atoms with van der Waals surface area (Å²) in [4.78, 5) is 0.212. The van der Waals surface area contributed by atoms with Crippen molar-refractivity contribution >= 4 is 10.0 Å². The summed E-state index contributed by atoms with van der Waals surface area (Å²) < 4.78 is 27.8. The Morgan fingerprint density at radius 2 is 1.68 bits per heavy atom. The first-order chi connectivity index (χ1) is 10.6. The molecule has 2 N–H and O–H groups in total. The highest BCUT2D eigenvalue weighted by atomic mass is 32.2. The molecule has 116 valence electrons. The van der Waals surface area contributed by atoms with E-state index < -0.39 is 22.2 Å². The molecule has 1 aliphatic carbocycles. The van der Waals surface area contributed by atoms with Gasteiger partial charge in [-0.2, -0.15) is 0 Å². The van der Waals surface area contributed by atoms with E-state index >= 15 is 0 Å². The summed E-state index contributed by atoms with van der Waals surface area (Å²) in [6.07, 6.45) is 1.57. The number of sulfonamides is 1. The van der Waals surface area contributed by atoms with Gasteiger partial charge in [0.1, 0.15) is 0 Å². The molecular weight excluding hydrogens is 298 g/mol. The molecule has 0 aromatic heterocycles. The van der Waals surface area contributed by atoms with Crippen LogP contribution in [0.1, 0.15) is 30.0 Å². The third kappa shape index (κ3) is 3.06. The summed E-state index contributed by atoms with van der Waals surface area (Å²) in [6, 6.07) is 15.4. The number of aliphatic hydroxyl groups is 1. The number of fused-ring (bicyclic) bond motifs is 1. The molecule has 2 atom stereocenters. The number of rotatable bonds is 3. The number of aliphatic hydroxyl groups excluding tert-OH is 1. The molecule has 0 saturated carbocycles. The standard InChI is InChI=1S/C17H19NO3S/c19-16-12-6-8-13-7-4-5-11-15(13)17(16)18-22(20,21)14-9-2-1-3-10-14/h1-5,7,9-11,16-19H,6,8,12H2/t16-,17-/m0/s1. The van der Waals surface area contributed by atoms with Crippen molar-refractivity contribution in [2.24, 2.45) is 0 Å². The van der Waals surface area contributed by atoms with E-state index in [4.69, 9.17) is 0 Å². The zero-order chi connectivity index (χ0) is 15.6. The molecule has 2 aromatic carbocycles. The van der Waals surface area contributed by atoms with Gasteiger partial charge in [-0.05, 0) is 42.5 Å². The van der Waals surface area contributed by atoms with Crippen LogP contribution in [0.2, 0.25) is 0 Å². The molecule has 0 aliphatic heterocycles. The maximum atomic E-state index is 12.5. The molecule has 0 radical (unpaired) electrons. The fraction of sp³-hybridized carbons (Fsp3) is 0.294. The van der Waals surface area contributed by atoms with Crippen LogP contribution in [0.25, 0.3) is 0 Å². The highest BCUT2D eigenvalue weighted by molar-refractivity contribution is 7.89. The maximum absolute atomic E-state index is 12.5. The van der Waals surface area contributed by atoms with Crippen LogP contribution in [0.15, 0.2) is 59.5 Å². The van der Waals surface area contributed by atoms with E-state index in [0.29, 0.717) is 6.42 Å². The van der Waals surface area contributed by atoms with E-state index in [-0.39, 0.29) is 4.90 Å². The van der Waals surface area contributed by atoms with E-state index in [2.05, 4.69) is 4.72 Å². The summed E-state index contributed by atoms with van der Waals surface area (Å²) in [5, 5.41) is 10.4. The van der Waals surface area contributed by atoms with Gasteiger partial charge in [0.05, 0.1) is 17.0 Å². The van der Waals surface area contributed by atoms with Crippen molar-refractivity contribution in [2.45, 2.75) is 36.3 Å². The summed E-state index contributed by atoms with van der Waals surface area (Å²) in [6.45, 7) is 0. The minimum atomic E-state index is -3.66. The minimum Gasteiger partial charge on any atom is -0.391 e. The summed E-state index contributed by atoms with van der Waals surface area (Å²) in [5.41, 5.74) is 1.96. The molecule has 3 rings (SSSR count). The molecule has 0 saturated heterocycles. The van der Waals surface area contributed by atoms with Gasteiger partial charge in [0.2, 0.25) is 10.0 Å². The highest BCUT2D eigenvalue weighted by Gasteiger charge is 2.30. The molecule has 0 fully saturated rings. The quantitative estimate of drug-likeness (QED) is 0.854. The van der Waals surface area contributed by atoms with Gasteiger partial charge >= 0.3 is 0 Å². The first-order valence-electron chi connectivity index (χ1n) is 7.41. The fourth-order valence-corrected chi connectivity index (χ4v) is 4.19. The normalized spacial score (nSPS) is 21.9. The second-order valence-electron chi connectivity index (χ2n) is 5.57. The van der Waals surface area contributed by atoms with E-state index in [1.807, 2.05) is 24.3 Å². The zero-order valence-electron chi connectivity index (χ0n) is 12.1. The number of hydrogen-bond donors (Lipinski definition) is 2. The second kappa shape index (κ2) is 6.20. The zero-order valence-corrected chi connectivity index (χ0v) is 13.0. The SMILES string of the molecule is O=S(=O)(N[C@H]1c2ccccc2CCC[C@@H]1O)c1ccccc1. The Morgan fingerprint density at radius 3 is 2.45 bits per heavy atom. The average Bonchev–Trinajstić information content (AvgIpc) is 2.68. The predicted molar refractivity (Wildman–Crippen MR) is 84.9 cm³/mol. The number of aryl methyl sites for hydroxylation is 1. The maximum Gasteiger partial charge on any atom is 0.241 e. The lowest BCUT2D eigenvalue weighted by atomic mass is 9.99. The van der Waals surface area contributed by atoms with E-state index in [1.165, 1.54) is 0 Å². The lowest BCUT2D eigenvalue weighted by molar-refractivity contribution is 0.129. The van der Waals surface area contributed by atoms with Crippen molar-refractivity contribution in [3.05, 3.63) is 65.7 Å². The number of hydrogen-bond acceptors (Lipinski definition) is 3. The van der Waals surface area contributed by atoms with Crippen molar-refractivity contribution in [2.75, 3.05) is 0 Å². The first-order valence-corrected chi connectivity index (χ1v) is 8.89. The lowest BCUT2D eigenvalue weighted by Crippen LogP contribution is -2.36. The topological polar surface area (TPSA) is 66.4 Å². The van der Waals surface area contributed by atoms with Gasteiger partial charge in [0, 0.05) is 0 Å². The largest absolute Gasteiger partial charge is 0.391 e. The third-order valence-corrected chi connectivity index (χ3v) is 5.51. The summed E-state index contributed by atoms with van der Waals surface area (Å²) in [7, 11) is -3.66. The molecule has 0 heterocycles. The van der Waals surface area contributed by atoms with E-state index in [1.54, 1.807) is 30.3 Å². The Kier molecular flexibility index (Phi) is 4.29. The van der Waals surface area contributed by atoms with Crippen molar-refractivity contribution < 1.29 is 13.5 Å². The Balaban J connectivity index is 1.97. The van der Waals surface area contributed by atoms with Crippen molar-refractivity contribution in [1.82, 2.24) is 4.72 Å². The smallest absolute Gasteiger partial charge is 0.241 e. The second-order valence-corrected chi connectivity index (χ2v) is 7.28. The molecule has 0 amide bonds. The Hall–Kier alpha value is -1.69. The van der Waals surface area contributed by atoms with Gasteiger partial charge < -0.3 is 5.11 Å². The van der Waals surface area contributed by atoms with Gasteiger partial charge in [-0.15, -0.1) is 0 Å². The Morgan fingerprint density at radius 1 is 1.00 bits per heavy atom. The van der Waals surface area contributed by atoms with E-state index in [9.17, 15) is 13.5 Å². The van der Waals surface area contributed by atoms with Gasteiger partial charge in [0.25, 0.3) is 0 Å². The van der Waals surface area contributed by atoms with Crippen LogP contribution >= 0.6 is 0 Å². The first kappa shape index (κ1) is 15.2. The summed E-state index contributed by atoms with van der Waals surface area (Å²) in [5.74, 6) is 0. The predicted octanol–water partition coefficient (Wildman–Crippen LogP) is 2.40. The highest BCUT2D eigenvalue weighted by Crippen LogP contribution is 2.30. The van der Waals surface area contributed by atoms with Crippen molar-refractivity contribution in [1.29, 1.82) is 0 Å². The van der Waals surface area contributed by atoms with Crippen molar-refractivity contribution in [3.8, 4) is 0 Å².